The van der Waals surface area contributed by atoms with Crippen LogP contribution in [-0.2, 0) is 4.74 Å². The molecule has 0 aliphatic rings. The van der Waals surface area contributed by atoms with Crippen LogP contribution in [-0.4, -0.2) is 32.7 Å². The number of carbonyl (C=O) groups excluding carboxylic acids is 1. The Morgan fingerprint density at radius 3 is 3.00 bits per heavy atom. The summed E-state index contributed by atoms with van der Waals surface area (Å²) in [6.07, 6.45) is 1.40. The van der Waals surface area contributed by atoms with Gasteiger partial charge in [0.2, 0.25) is 5.28 Å². The van der Waals surface area contributed by atoms with E-state index in [0.29, 0.717) is 17.6 Å². The lowest BCUT2D eigenvalue weighted by Crippen LogP contribution is -2.07. The molecule has 16 heavy (non-hydrogen) atoms. The van der Waals surface area contributed by atoms with Crippen molar-refractivity contribution >= 4 is 28.6 Å². The molecular formula is C9H7ClN4O2. The molecule has 2 aromatic rings. The minimum absolute atomic E-state index is 0.0400. The third-order valence-corrected chi connectivity index (χ3v) is 1.96. The third kappa shape index (κ3) is 2.06. The van der Waals surface area contributed by atoms with E-state index >= 15 is 0 Å². The summed E-state index contributed by atoms with van der Waals surface area (Å²) in [5.74, 6) is -0.499. The van der Waals surface area contributed by atoms with Crippen molar-refractivity contribution < 1.29 is 9.53 Å². The zero-order chi connectivity index (χ0) is 11.5. The molecule has 0 saturated carbocycles. The van der Waals surface area contributed by atoms with Crippen LogP contribution >= 0.6 is 11.6 Å². The predicted octanol–water partition coefficient (Wildman–Crippen LogP) is 1.25. The molecule has 0 spiro atoms. The van der Waals surface area contributed by atoms with E-state index in [2.05, 4.69) is 20.2 Å². The number of pyridine rings is 1. The van der Waals surface area contributed by atoms with Gasteiger partial charge < -0.3 is 4.74 Å². The van der Waals surface area contributed by atoms with Crippen molar-refractivity contribution in [1.82, 2.24) is 20.2 Å². The SMILES string of the molecule is CCOC(=O)c1cc2nnc(Cl)nc2cn1. The first kappa shape index (κ1) is 10.7. The average Bonchev–Trinajstić information content (AvgIpc) is 2.28. The summed E-state index contributed by atoms with van der Waals surface area (Å²) in [5, 5.41) is 7.41. The molecule has 0 aromatic carbocycles. The Balaban J connectivity index is 2.44. The Morgan fingerprint density at radius 1 is 1.44 bits per heavy atom. The minimum Gasteiger partial charge on any atom is -0.461 e. The Hall–Kier alpha value is -1.82. The fourth-order valence-corrected chi connectivity index (χ4v) is 1.27. The molecule has 0 radical (unpaired) electrons. The summed E-state index contributed by atoms with van der Waals surface area (Å²) in [4.78, 5) is 19.2. The normalized spacial score (nSPS) is 10.4. The number of hydrogen-bond donors (Lipinski definition) is 0. The van der Waals surface area contributed by atoms with Gasteiger partial charge in [0.15, 0.2) is 5.69 Å². The highest BCUT2D eigenvalue weighted by Gasteiger charge is 2.10. The topological polar surface area (TPSA) is 77.9 Å². The predicted molar refractivity (Wildman–Crippen MR) is 56.1 cm³/mol. The van der Waals surface area contributed by atoms with Crippen LogP contribution in [0.3, 0.4) is 0 Å². The maximum Gasteiger partial charge on any atom is 0.356 e. The van der Waals surface area contributed by atoms with Gasteiger partial charge in [0.05, 0.1) is 12.8 Å². The molecule has 7 heteroatoms. The lowest BCUT2D eigenvalue weighted by Gasteiger charge is -2.01. The highest BCUT2D eigenvalue weighted by Crippen LogP contribution is 2.10. The Morgan fingerprint density at radius 2 is 2.25 bits per heavy atom. The minimum atomic E-state index is -0.499. The first-order chi connectivity index (χ1) is 7.70. The summed E-state index contributed by atoms with van der Waals surface area (Å²) >= 11 is 5.57. The van der Waals surface area contributed by atoms with Gasteiger partial charge in [-0.25, -0.2) is 14.8 Å². The average molecular weight is 239 g/mol. The standard InChI is InChI=1S/C9H7ClN4O2/c1-2-16-8(15)6-3-5-7(4-11-6)12-9(10)14-13-5/h3-4H,2H2,1H3. The zero-order valence-corrected chi connectivity index (χ0v) is 9.10. The van der Waals surface area contributed by atoms with Gasteiger partial charge >= 0.3 is 5.97 Å². The number of hydrogen-bond acceptors (Lipinski definition) is 6. The van der Waals surface area contributed by atoms with Crippen molar-refractivity contribution in [2.24, 2.45) is 0 Å². The summed E-state index contributed by atoms with van der Waals surface area (Å²) in [7, 11) is 0. The molecule has 6 nitrogen and oxygen atoms in total. The molecule has 2 rings (SSSR count). The number of ether oxygens (including phenoxy) is 1. The molecular weight excluding hydrogens is 232 g/mol. The van der Waals surface area contributed by atoms with Crippen molar-refractivity contribution in [3.8, 4) is 0 Å². The molecule has 0 fully saturated rings. The molecule has 0 bridgehead atoms. The largest absolute Gasteiger partial charge is 0.461 e. The van der Waals surface area contributed by atoms with E-state index in [1.54, 1.807) is 6.92 Å². The Labute approximate surface area is 95.6 Å². The summed E-state index contributed by atoms with van der Waals surface area (Å²) in [5.41, 5.74) is 1.10. The lowest BCUT2D eigenvalue weighted by atomic mass is 10.3. The Kier molecular flexibility index (Phi) is 2.91. The van der Waals surface area contributed by atoms with Crippen molar-refractivity contribution in [3.63, 3.8) is 0 Å². The van der Waals surface area contributed by atoms with Crippen molar-refractivity contribution in [2.75, 3.05) is 6.61 Å². The molecule has 0 N–H and O–H groups in total. The van der Waals surface area contributed by atoms with Gasteiger partial charge in [0, 0.05) is 6.07 Å². The van der Waals surface area contributed by atoms with Gasteiger partial charge in [-0.1, -0.05) is 0 Å². The summed E-state index contributed by atoms with van der Waals surface area (Å²) in [6, 6.07) is 1.46. The van der Waals surface area contributed by atoms with Gasteiger partial charge in [0.1, 0.15) is 11.0 Å². The van der Waals surface area contributed by atoms with Crippen LogP contribution in [0.15, 0.2) is 12.3 Å². The molecule has 0 amide bonds. The molecule has 2 heterocycles. The first-order valence-corrected chi connectivity index (χ1v) is 4.91. The van der Waals surface area contributed by atoms with E-state index in [1.165, 1.54) is 12.3 Å². The molecule has 0 aliphatic carbocycles. The van der Waals surface area contributed by atoms with E-state index in [9.17, 15) is 4.79 Å². The monoisotopic (exact) mass is 238 g/mol. The van der Waals surface area contributed by atoms with E-state index in [1.807, 2.05) is 0 Å². The fraction of sp³-hybridized carbons (Fsp3) is 0.222. The van der Waals surface area contributed by atoms with Crippen LogP contribution in [0.5, 0.6) is 0 Å². The smallest absolute Gasteiger partial charge is 0.356 e. The molecule has 0 atom stereocenters. The lowest BCUT2D eigenvalue weighted by molar-refractivity contribution is 0.0519. The fourth-order valence-electron chi connectivity index (χ4n) is 1.14. The van der Waals surface area contributed by atoms with Gasteiger partial charge in [-0.05, 0) is 18.5 Å². The number of esters is 1. The highest BCUT2D eigenvalue weighted by molar-refractivity contribution is 6.28. The Bertz CT molecular complexity index is 546. The van der Waals surface area contributed by atoms with Crippen LogP contribution in [0, 0.1) is 0 Å². The van der Waals surface area contributed by atoms with Crippen molar-refractivity contribution in [1.29, 1.82) is 0 Å². The van der Waals surface area contributed by atoms with Crippen LogP contribution in [0.4, 0.5) is 0 Å². The third-order valence-electron chi connectivity index (χ3n) is 1.80. The van der Waals surface area contributed by atoms with E-state index < -0.39 is 5.97 Å². The maximum atomic E-state index is 11.4. The quantitative estimate of drug-likeness (QED) is 0.733. The van der Waals surface area contributed by atoms with E-state index in [-0.39, 0.29) is 11.0 Å². The van der Waals surface area contributed by atoms with Crippen LogP contribution < -0.4 is 0 Å². The van der Waals surface area contributed by atoms with Crippen LogP contribution in [0.1, 0.15) is 17.4 Å². The van der Waals surface area contributed by atoms with Crippen molar-refractivity contribution in [3.05, 3.63) is 23.2 Å². The first-order valence-electron chi connectivity index (χ1n) is 4.54. The number of aromatic nitrogens is 4. The van der Waals surface area contributed by atoms with Gasteiger partial charge in [0.25, 0.3) is 0 Å². The molecule has 0 aliphatic heterocycles. The van der Waals surface area contributed by atoms with Gasteiger partial charge in [-0.15, -0.1) is 10.2 Å². The van der Waals surface area contributed by atoms with Crippen LogP contribution in [0.2, 0.25) is 5.28 Å². The molecule has 2 aromatic heterocycles. The second-order valence-electron chi connectivity index (χ2n) is 2.86. The maximum absolute atomic E-state index is 11.4. The molecule has 0 saturated heterocycles. The van der Waals surface area contributed by atoms with Gasteiger partial charge in [-0.2, -0.15) is 0 Å². The summed E-state index contributed by atoms with van der Waals surface area (Å²) < 4.78 is 4.80. The number of rotatable bonds is 2. The second kappa shape index (κ2) is 4.36. The van der Waals surface area contributed by atoms with Crippen LogP contribution in [0.25, 0.3) is 11.0 Å². The molecule has 82 valence electrons. The number of halogens is 1. The number of fused-ring (bicyclic) bond motifs is 1. The number of carbonyl (C=O) groups is 1. The van der Waals surface area contributed by atoms with E-state index in [0.717, 1.165) is 0 Å². The zero-order valence-electron chi connectivity index (χ0n) is 8.35. The van der Waals surface area contributed by atoms with Gasteiger partial charge in [-0.3, -0.25) is 0 Å². The second-order valence-corrected chi connectivity index (χ2v) is 3.20. The summed E-state index contributed by atoms with van der Waals surface area (Å²) in [6.45, 7) is 2.02. The molecule has 0 unspecified atom stereocenters. The van der Waals surface area contributed by atoms with Crippen molar-refractivity contribution in [2.45, 2.75) is 6.92 Å². The van der Waals surface area contributed by atoms with E-state index in [4.69, 9.17) is 16.3 Å². The number of nitrogens with zero attached hydrogens (tertiary/aromatic N) is 4. The highest BCUT2D eigenvalue weighted by atomic mass is 35.5.